The van der Waals surface area contributed by atoms with Crippen LogP contribution in [-0.2, 0) is 11.3 Å². The minimum Gasteiger partial charge on any atom is -0.497 e. The van der Waals surface area contributed by atoms with Gasteiger partial charge < -0.3 is 19.5 Å². The maximum atomic E-state index is 13.2. The van der Waals surface area contributed by atoms with Gasteiger partial charge in [0, 0.05) is 19.2 Å². The predicted octanol–water partition coefficient (Wildman–Crippen LogP) is 3.31. The number of carbonyl (C=O) groups is 2. The van der Waals surface area contributed by atoms with Crippen LogP contribution in [0, 0.1) is 0 Å². The second-order valence-corrected chi connectivity index (χ2v) is 6.49. The first-order valence-corrected chi connectivity index (χ1v) is 8.95. The fourth-order valence-corrected chi connectivity index (χ4v) is 3.28. The molecule has 1 unspecified atom stereocenters. The van der Waals surface area contributed by atoms with Crippen LogP contribution < -0.4 is 9.47 Å². The minimum absolute atomic E-state index is 0.129. The number of fused-ring (bicyclic) bond motifs is 1. The summed E-state index contributed by atoms with van der Waals surface area (Å²) >= 11 is 0. The van der Waals surface area contributed by atoms with Gasteiger partial charge in [-0.2, -0.15) is 0 Å². The zero-order chi connectivity index (χ0) is 19.4. The summed E-state index contributed by atoms with van der Waals surface area (Å²) in [6.45, 7) is 2.97. The van der Waals surface area contributed by atoms with Gasteiger partial charge in [0.2, 0.25) is 0 Å². The maximum absolute atomic E-state index is 13.2. The molecule has 0 bridgehead atoms. The first-order chi connectivity index (χ1) is 13.0. The van der Waals surface area contributed by atoms with Gasteiger partial charge in [0.05, 0.1) is 25.2 Å². The molecule has 0 aliphatic carbocycles. The van der Waals surface area contributed by atoms with Crippen LogP contribution in [0.15, 0.2) is 42.5 Å². The van der Waals surface area contributed by atoms with Crippen molar-refractivity contribution >= 4 is 11.9 Å². The summed E-state index contributed by atoms with van der Waals surface area (Å²) in [6.07, 6.45) is 0.809. The quantitative estimate of drug-likeness (QED) is 0.845. The number of methoxy groups -OCH3 is 1. The van der Waals surface area contributed by atoms with Gasteiger partial charge in [-0.3, -0.25) is 9.59 Å². The summed E-state index contributed by atoms with van der Waals surface area (Å²) < 4.78 is 11.0. The van der Waals surface area contributed by atoms with Crippen LogP contribution in [0.2, 0.25) is 0 Å². The zero-order valence-electron chi connectivity index (χ0n) is 15.5. The van der Waals surface area contributed by atoms with Gasteiger partial charge in [0.1, 0.15) is 11.5 Å². The Kier molecular flexibility index (Phi) is 5.64. The summed E-state index contributed by atoms with van der Waals surface area (Å²) in [5.41, 5.74) is 2.04. The van der Waals surface area contributed by atoms with E-state index in [1.54, 1.807) is 30.2 Å². The predicted molar refractivity (Wildman–Crippen MR) is 100 cm³/mol. The number of carboxylic acids is 1. The lowest BCUT2D eigenvalue weighted by atomic mass is 9.89. The summed E-state index contributed by atoms with van der Waals surface area (Å²) in [6, 6.07) is 12.4. The molecule has 6 nitrogen and oxygen atoms in total. The number of hydrogen-bond acceptors (Lipinski definition) is 4. The maximum Gasteiger partial charge on any atom is 0.312 e. The summed E-state index contributed by atoms with van der Waals surface area (Å²) in [5.74, 6) is -0.865. The van der Waals surface area contributed by atoms with Gasteiger partial charge in [-0.05, 0) is 29.7 Å². The highest BCUT2D eigenvalue weighted by Crippen LogP contribution is 2.32. The summed E-state index contributed by atoms with van der Waals surface area (Å²) in [7, 11) is 1.56. The van der Waals surface area contributed by atoms with E-state index in [-0.39, 0.29) is 12.5 Å². The van der Waals surface area contributed by atoms with Gasteiger partial charge in [0.25, 0.3) is 5.91 Å². The number of aliphatic carboxylic acids is 1. The molecule has 0 fully saturated rings. The third-order valence-corrected chi connectivity index (χ3v) is 4.66. The van der Waals surface area contributed by atoms with Crippen LogP contribution in [0.1, 0.15) is 40.7 Å². The molecule has 1 heterocycles. The van der Waals surface area contributed by atoms with Crippen molar-refractivity contribution in [3.8, 4) is 11.5 Å². The molecule has 142 valence electrons. The Bertz CT molecular complexity index is 848. The van der Waals surface area contributed by atoms with Crippen LogP contribution in [0.25, 0.3) is 0 Å². The lowest BCUT2D eigenvalue weighted by Gasteiger charge is -2.33. The molecular formula is C21H23NO5. The number of rotatable bonds is 6. The van der Waals surface area contributed by atoms with Crippen LogP contribution in [-0.4, -0.2) is 42.1 Å². The van der Waals surface area contributed by atoms with Gasteiger partial charge in [-0.25, -0.2) is 0 Å². The Morgan fingerprint density at radius 3 is 2.70 bits per heavy atom. The van der Waals surface area contributed by atoms with Crippen molar-refractivity contribution in [3.63, 3.8) is 0 Å². The molecule has 1 amide bonds. The number of hydrogen-bond donors (Lipinski definition) is 1. The van der Waals surface area contributed by atoms with Gasteiger partial charge in [-0.15, -0.1) is 0 Å². The lowest BCUT2D eigenvalue weighted by Crippen LogP contribution is -2.40. The Balaban J connectivity index is 1.93. The fourth-order valence-electron chi connectivity index (χ4n) is 3.28. The number of benzene rings is 2. The molecule has 0 saturated heterocycles. The van der Waals surface area contributed by atoms with Crippen molar-refractivity contribution in [2.24, 2.45) is 0 Å². The van der Waals surface area contributed by atoms with Gasteiger partial charge in [-0.1, -0.05) is 31.2 Å². The van der Waals surface area contributed by atoms with E-state index >= 15 is 0 Å². The largest absolute Gasteiger partial charge is 0.497 e. The van der Waals surface area contributed by atoms with E-state index in [2.05, 4.69) is 0 Å². The fraction of sp³-hybridized carbons (Fsp3) is 0.333. The molecule has 0 radical (unpaired) electrons. The first-order valence-electron chi connectivity index (χ1n) is 8.95. The lowest BCUT2D eigenvalue weighted by molar-refractivity contribution is -0.139. The van der Waals surface area contributed by atoms with Crippen LogP contribution >= 0.6 is 0 Å². The highest BCUT2D eigenvalue weighted by atomic mass is 16.5. The smallest absolute Gasteiger partial charge is 0.312 e. The molecular weight excluding hydrogens is 346 g/mol. The van der Waals surface area contributed by atoms with Crippen molar-refractivity contribution in [1.82, 2.24) is 4.90 Å². The molecule has 1 atom stereocenters. The molecule has 1 N–H and O–H groups in total. The number of nitrogens with zero attached hydrogens (tertiary/aromatic N) is 1. The number of carboxylic acid groups (broad SMARTS) is 1. The average Bonchev–Trinajstić information content (AvgIpc) is 2.70. The monoisotopic (exact) mass is 369 g/mol. The molecule has 3 rings (SSSR count). The molecule has 6 heteroatoms. The van der Waals surface area contributed by atoms with Gasteiger partial charge >= 0.3 is 5.97 Å². The highest BCUT2D eigenvalue weighted by Gasteiger charge is 2.33. The molecule has 0 saturated carbocycles. The third-order valence-electron chi connectivity index (χ3n) is 4.66. The molecule has 27 heavy (non-hydrogen) atoms. The van der Waals surface area contributed by atoms with E-state index < -0.39 is 11.9 Å². The van der Waals surface area contributed by atoms with Crippen LogP contribution in [0.4, 0.5) is 0 Å². The molecule has 1 aliphatic heterocycles. The van der Waals surface area contributed by atoms with Crippen molar-refractivity contribution in [1.29, 1.82) is 0 Å². The average molecular weight is 369 g/mol. The normalized spacial score (nSPS) is 15.8. The van der Waals surface area contributed by atoms with E-state index in [4.69, 9.17) is 9.47 Å². The summed E-state index contributed by atoms with van der Waals surface area (Å²) in [4.78, 5) is 26.5. The van der Waals surface area contributed by atoms with Crippen LogP contribution in [0.3, 0.4) is 0 Å². The first kappa shape index (κ1) is 18.8. The Morgan fingerprint density at radius 1 is 1.22 bits per heavy atom. The van der Waals surface area contributed by atoms with Crippen molar-refractivity contribution in [3.05, 3.63) is 59.2 Å². The zero-order valence-corrected chi connectivity index (χ0v) is 15.5. The Morgan fingerprint density at radius 2 is 2.00 bits per heavy atom. The van der Waals surface area contributed by atoms with Crippen molar-refractivity contribution in [2.45, 2.75) is 25.8 Å². The number of carbonyl (C=O) groups excluding carboxylic acids is 1. The Hall–Kier alpha value is -3.02. The molecule has 2 aromatic carbocycles. The standard InChI is InChI=1S/C21H23NO5/c1-3-10-27-19-11-15(26-2)8-9-17(19)20(23)22-12-14-6-4-5-7-16(14)18(13-22)21(24)25/h4-9,11,18H,3,10,12-13H2,1-2H3,(H,24,25). The van der Waals surface area contributed by atoms with E-state index in [0.717, 1.165) is 17.5 Å². The highest BCUT2D eigenvalue weighted by molar-refractivity contribution is 5.97. The van der Waals surface area contributed by atoms with Gasteiger partial charge in [0.15, 0.2) is 0 Å². The van der Waals surface area contributed by atoms with Crippen molar-refractivity contribution < 1.29 is 24.2 Å². The second-order valence-electron chi connectivity index (χ2n) is 6.49. The SMILES string of the molecule is CCCOc1cc(OC)ccc1C(=O)N1Cc2ccccc2C(C(=O)O)C1. The van der Waals surface area contributed by atoms with Crippen LogP contribution in [0.5, 0.6) is 11.5 Å². The topological polar surface area (TPSA) is 76.1 Å². The Labute approximate surface area is 158 Å². The molecule has 1 aliphatic rings. The van der Waals surface area contributed by atoms with E-state index in [1.807, 2.05) is 31.2 Å². The van der Waals surface area contributed by atoms with E-state index in [9.17, 15) is 14.7 Å². The summed E-state index contributed by atoms with van der Waals surface area (Å²) in [5, 5.41) is 9.61. The number of ether oxygens (including phenoxy) is 2. The van der Waals surface area contributed by atoms with E-state index in [0.29, 0.717) is 30.2 Å². The molecule has 0 aromatic heterocycles. The molecule has 0 spiro atoms. The second kappa shape index (κ2) is 8.12. The third kappa shape index (κ3) is 3.89. The van der Waals surface area contributed by atoms with E-state index in [1.165, 1.54) is 0 Å². The molecule has 2 aromatic rings. The minimum atomic E-state index is -0.933. The van der Waals surface area contributed by atoms with Crippen molar-refractivity contribution in [2.75, 3.05) is 20.3 Å². The number of amides is 1.